The van der Waals surface area contributed by atoms with Gasteiger partial charge < -0.3 is 9.90 Å². The van der Waals surface area contributed by atoms with Crippen molar-refractivity contribution in [3.05, 3.63) is 11.6 Å². The van der Waals surface area contributed by atoms with Crippen LogP contribution in [0, 0.1) is 34.5 Å². The van der Waals surface area contributed by atoms with E-state index in [1.165, 1.54) is 51.4 Å². The van der Waals surface area contributed by atoms with Gasteiger partial charge in [0.15, 0.2) is 0 Å². The van der Waals surface area contributed by atoms with Crippen molar-refractivity contribution in [2.24, 2.45) is 34.5 Å². The number of rotatable bonds is 3. The molecule has 182 valence electrons. The van der Waals surface area contributed by atoms with Gasteiger partial charge in [-0.25, -0.2) is 0 Å². The highest BCUT2D eigenvalue weighted by atomic mass is 16.3. The number of carbonyl (C=O) groups is 1. The molecule has 0 aromatic heterocycles. The normalized spacial score (nSPS) is 40.0. The Balaban J connectivity index is 0.000000532. The molecule has 4 rings (SSSR count). The molecule has 4 aliphatic carbocycles. The predicted molar refractivity (Wildman–Crippen MR) is 135 cm³/mol. The van der Waals surface area contributed by atoms with Gasteiger partial charge in [-0.15, -0.1) is 0 Å². The van der Waals surface area contributed by atoms with Gasteiger partial charge in [-0.1, -0.05) is 79.9 Å². The minimum Gasteiger partial charge on any atom is -0.393 e. The molecule has 3 fully saturated rings. The summed E-state index contributed by atoms with van der Waals surface area (Å²) in [5.41, 5.74) is 2.30. The van der Waals surface area contributed by atoms with Crippen molar-refractivity contribution in [2.75, 3.05) is 0 Å². The van der Waals surface area contributed by atoms with E-state index in [0.29, 0.717) is 16.7 Å². The smallest absolute Gasteiger partial charge is 0.120 e. The molecule has 1 N–H and O–H groups in total. The fourth-order valence-corrected chi connectivity index (χ4v) is 7.25. The highest BCUT2D eigenvalue weighted by Gasteiger charge is 2.58. The Hall–Kier alpha value is -0.630. The van der Waals surface area contributed by atoms with Crippen molar-refractivity contribution in [1.82, 2.24) is 0 Å². The van der Waals surface area contributed by atoms with Gasteiger partial charge in [-0.3, -0.25) is 0 Å². The number of carbonyl (C=O) groups excluding carboxylic acids is 1. The second-order valence-corrected chi connectivity index (χ2v) is 10.4. The minimum absolute atomic E-state index is 0.108. The summed E-state index contributed by atoms with van der Waals surface area (Å²) in [5.74, 6) is 3.06. The average Bonchev–Trinajstić information content (AvgIpc) is 3.14. The Labute approximate surface area is 194 Å². The average molecular weight is 435 g/mol. The van der Waals surface area contributed by atoms with E-state index in [9.17, 15) is 9.90 Å². The van der Waals surface area contributed by atoms with E-state index in [-0.39, 0.29) is 6.10 Å². The third-order valence-electron chi connectivity index (χ3n) is 9.16. The van der Waals surface area contributed by atoms with Crippen LogP contribution < -0.4 is 0 Å². The van der Waals surface area contributed by atoms with Gasteiger partial charge in [-0.05, 0) is 85.9 Å². The summed E-state index contributed by atoms with van der Waals surface area (Å²) in [6.45, 7) is 17.3. The highest BCUT2D eigenvalue weighted by molar-refractivity contribution is 5.50. The fraction of sp³-hybridized carbons (Fsp3) is 0.897. The van der Waals surface area contributed by atoms with Crippen LogP contribution in [0.3, 0.4) is 0 Å². The van der Waals surface area contributed by atoms with E-state index in [0.717, 1.165) is 43.3 Å². The molecule has 0 aliphatic heterocycles. The number of hydrogen-bond donors (Lipinski definition) is 1. The maximum absolute atomic E-state index is 11.1. The standard InChI is InChI=1S/C21H32O2.C4H10.2C2H6/c1-20-11-8-19-17(18(20)6-4-14(20)9-12-22)5-3-15-13-16(23)7-10-21(15,19)2;1-3-4-2;2*1-2/h3,12,14,16-19,23H,4-11,13H2,1-2H3;3-4H2,1-2H3;2*1-2H3. The van der Waals surface area contributed by atoms with Crippen LogP contribution in [0.5, 0.6) is 0 Å². The third-order valence-corrected chi connectivity index (χ3v) is 9.16. The van der Waals surface area contributed by atoms with E-state index in [1.807, 2.05) is 27.7 Å². The third kappa shape index (κ3) is 5.84. The van der Waals surface area contributed by atoms with Crippen molar-refractivity contribution in [1.29, 1.82) is 0 Å². The lowest BCUT2D eigenvalue weighted by molar-refractivity contribution is -0.110. The molecule has 3 saturated carbocycles. The largest absolute Gasteiger partial charge is 0.393 e. The Kier molecular flexibility index (Phi) is 12.1. The van der Waals surface area contributed by atoms with Crippen LogP contribution in [0.15, 0.2) is 11.6 Å². The molecular weight excluding hydrogens is 380 g/mol. The SMILES string of the molecule is CC.CC.CC12CCC(O)CC1=CCC1C2CCC2(C)C(CC=O)CCC12.CCCC. The first-order valence-electron chi connectivity index (χ1n) is 13.7. The highest BCUT2D eigenvalue weighted by Crippen LogP contribution is 2.66. The van der Waals surface area contributed by atoms with Crippen molar-refractivity contribution >= 4 is 6.29 Å². The van der Waals surface area contributed by atoms with E-state index in [1.54, 1.807) is 5.57 Å². The number of allylic oxidation sites excluding steroid dienone is 1. The van der Waals surface area contributed by atoms with Crippen LogP contribution in [-0.4, -0.2) is 17.5 Å². The number of fused-ring (bicyclic) bond motifs is 5. The van der Waals surface area contributed by atoms with Crippen molar-refractivity contribution in [3.8, 4) is 0 Å². The molecule has 0 amide bonds. The number of aliphatic hydroxyl groups excluding tert-OH is 1. The molecule has 4 aliphatic rings. The second kappa shape index (κ2) is 13.2. The molecule has 2 nitrogen and oxygen atoms in total. The zero-order valence-electron chi connectivity index (χ0n) is 22.2. The molecule has 0 aromatic carbocycles. The Bertz CT molecular complexity index is 551. The van der Waals surface area contributed by atoms with Crippen molar-refractivity contribution in [2.45, 2.75) is 132 Å². The topological polar surface area (TPSA) is 37.3 Å². The second-order valence-electron chi connectivity index (χ2n) is 10.4. The quantitative estimate of drug-likeness (QED) is 0.358. The molecule has 31 heavy (non-hydrogen) atoms. The first-order chi connectivity index (χ1) is 14.9. The van der Waals surface area contributed by atoms with Crippen LogP contribution in [0.25, 0.3) is 0 Å². The molecule has 0 radical (unpaired) electrons. The van der Waals surface area contributed by atoms with E-state index >= 15 is 0 Å². The lowest BCUT2D eigenvalue weighted by Gasteiger charge is -2.58. The predicted octanol–water partition coefficient (Wildman–Crippen LogP) is 8.37. The number of unbranched alkanes of at least 4 members (excludes halogenated alkanes) is 1. The van der Waals surface area contributed by atoms with Gasteiger partial charge in [-0.2, -0.15) is 0 Å². The van der Waals surface area contributed by atoms with Gasteiger partial charge in [0.25, 0.3) is 0 Å². The van der Waals surface area contributed by atoms with Crippen LogP contribution in [-0.2, 0) is 4.79 Å². The van der Waals surface area contributed by atoms with Gasteiger partial charge in [0, 0.05) is 6.42 Å². The molecule has 7 atom stereocenters. The molecule has 0 heterocycles. The van der Waals surface area contributed by atoms with Crippen molar-refractivity contribution in [3.63, 3.8) is 0 Å². The summed E-state index contributed by atoms with van der Waals surface area (Å²) in [4.78, 5) is 11.1. The lowest BCUT2D eigenvalue weighted by Crippen LogP contribution is -2.50. The van der Waals surface area contributed by atoms with E-state index < -0.39 is 0 Å². The maximum atomic E-state index is 11.1. The summed E-state index contributed by atoms with van der Waals surface area (Å²) in [6.07, 6.45) is 16.5. The number of aldehydes is 1. The monoisotopic (exact) mass is 434 g/mol. The zero-order valence-corrected chi connectivity index (χ0v) is 22.2. The maximum Gasteiger partial charge on any atom is 0.120 e. The summed E-state index contributed by atoms with van der Waals surface area (Å²) < 4.78 is 0. The van der Waals surface area contributed by atoms with E-state index in [4.69, 9.17) is 0 Å². The van der Waals surface area contributed by atoms with Gasteiger partial charge in [0.1, 0.15) is 6.29 Å². The molecule has 0 bridgehead atoms. The fourth-order valence-electron chi connectivity index (χ4n) is 7.25. The Morgan fingerprint density at radius 2 is 1.61 bits per heavy atom. The van der Waals surface area contributed by atoms with Gasteiger partial charge >= 0.3 is 0 Å². The summed E-state index contributed by atoms with van der Waals surface area (Å²) in [5, 5.41) is 10.1. The van der Waals surface area contributed by atoms with Gasteiger partial charge in [0.05, 0.1) is 6.10 Å². The van der Waals surface area contributed by atoms with Gasteiger partial charge in [0.2, 0.25) is 0 Å². The first kappa shape index (κ1) is 28.4. The number of aliphatic hydroxyl groups is 1. The van der Waals surface area contributed by atoms with Crippen molar-refractivity contribution < 1.29 is 9.90 Å². The lowest BCUT2D eigenvalue weighted by atomic mass is 9.47. The first-order valence-corrected chi connectivity index (χ1v) is 13.7. The Morgan fingerprint density at radius 3 is 2.19 bits per heavy atom. The molecule has 0 spiro atoms. The summed E-state index contributed by atoms with van der Waals surface area (Å²) >= 11 is 0. The molecule has 0 saturated heterocycles. The summed E-state index contributed by atoms with van der Waals surface area (Å²) in [6, 6.07) is 0. The minimum atomic E-state index is -0.108. The van der Waals surface area contributed by atoms with Crippen LogP contribution in [0.2, 0.25) is 0 Å². The molecule has 7 unspecified atom stereocenters. The van der Waals surface area contributed by atoms with Crippen LogP contribution in [0.1, 0.15) is 126 Å². The molecular formula is C29H54O2. The number of hydrogen-bond acceptors (Lipinski definition) is 2. The Morgan fingerprint density at radius 1 is 0.968 bits per heavy atom. The summed E-state index contributed by atoms with van der Waals surface area (Å²) in [7, 11) is 0. The van der Waals surface area contributed by atoms with Crippen LogP contribution in [0.4, 0.5) is 0 Å². The van der Waals surface area contributed by atoms with E-state index in [2.05, 4.69) is 33.8 Å². The molecule has 2 heteroatoms. The van der Waals surface area contributed by atoms with Crippen LogP contribution >= 0.6 is 0 Å². The zero-order chi connectivity index (χ0) is 23.7. The molecule has 0 aromatic rings.